The van der Waals surface area contributed by atoms with Crippen molar-refractivity contribution >= 4 is 5.78 Å². The summed E-state index contributed by atoms with van der Waals surface area (Å²) in [5, 5.41) is 0. The fourth-order valence-corrected chi connectivity index (χ4v) is 1.25. The number of carbonyl (C=O) groups is 1. The van der Waals surface area contributed by atoms with Crippen LogP contribution in [-0.4, -0.2) is 12.9 Å². The van der Waals surface area contributed by atoms with Gasteiger partial charge in [0.2, 0.25) is 0 Å². The monoisotopic (exact) mass is 236 g/mol. The van der Waals surface area contributed by atoms with Crippen LogP contribution < -0.4 is 4.74 Å². The Morgan fingerprint density at radius 3 is 2.25 bits per heavy atom. The maximum Gasteiger partial charge on any atom is 0.416 e. The lowest BCUT2D eigenvalue weighted by Gasteiger charge is -2.12. The zero-order valence-electron chi connectivity index (χ0n) is 8.48. The van der Waals surface area contributed by atoms with Crippen LogP contribution in [0.5, 0.6) is 5.75 Å². The number of carbonyl (C=O) groups excluding carboxylic acids is 1. The fraction of sp³-hybridized carbons (Fsp3) is 0.300. The quantitative estimate of drug-likeness (QED) is 0.582. The first-order chi connectivity index (χ1) is 7.27. The minimum absolute atomic E-state index is 0.277. The highest BCUT2D eigenvalue weighted by atomic mass is 19.4. The van der Waals surface area contributed by atoms with E-state index in [1.165, 1.54) is 0 Å². The average Bonchev–Trinajstić information content (AvgIpc) is 2.14. The van der Waals surface area contributed by atoms with Gasteiger partial charge in [0.05, 0.1) is 18.2 Å². The minimum atomic E-state index is -4.68. The number of halogens is 4. The summed E-state index contributed by atoms with van der Waals surface area (Å²) in [6.45, 7) is 1.05. The molecular weight excluding hydrogens is 228 g/mol. The van der Waals surface area contributed by atoms with Crippen molar-refractivity contribution in [1.82, 2.24) is 0 Å². The van der Waals surface area contributed by atoms with Crippen molar-refractivity contribution in [3.8, 4) is 5.75 Å². The Bertz CT molecular complexity index is 424. The molecule has 0 heterocycles. The van der Waals surface area contributed by atoms with Gasteiger partial charge in [-0.3, -0.25) is 4.79 Å². The molecule has 0 aliphatic heterocycles. The molecule has 0 radical (unpaired) electrons. The normalized spacial score (nSPS) is 11.4. The molecule has 1 aromatic rings. The van der Waals surface area contributed by atoms with Crippen LogP contribution >= 0.6 is 0 Å². The van der Waals surface area contributed by atoms with Gasteiger partial charge in [-0.1, -0.05) is 0 Å². The number of alkyl halides is 3. The van der Waals surface area contributed by atoms with Crippen molar-refractivity contribution in [2.75, 3.05) is 7.11 Å². The first-order valence-corrected chi connectivity index (χ1v) is 4.23. The molecule has 88 valence electrons. The molecule has 0 spiro atoms. The molecule has 2 nitrogen and oxygen atoms in total. The first-order valence-electron chi connectivity index (χ1n) is 4.23. The summed E-state index contributed by atoms with van der Waals surface area (Å²) in [6.07, 6.45) is -4.68. The van der Waals surface area contributed by atoms with Crippen LogP contribution in [0.4, 0.5) is 17.6 Å². The van der Waals surface area contributed by atoms with Crippen LogP contribution in [0.2, 0.25) is 0 Å². The van der Waals surface area contributed by atoms with E-state index in [1.54, 1.807) is 0 Å². The lowest BCUT2D eigenvalue weighted by atomic mass is 10.1. The van der Waals surface area contributed by atoms with Crippen LogP contribution in [-0.2, 0) is 6.18 Å². The van der Waals surface area contributed by atoms with Crippen molar-refractivity contribution in [3.05, 3.63) is 29.1 Å². The number of methoxy groups -OCH3 is 1. The maximum absolute atomic E-state index is 13.3. The smallest absolute Gasteiger partial charge is 0.416 e. The van der Waals surface area contributed by atoms with E-state index in [9.17, 15) is 22.4 Å². The zero-order chi connectivity index (χ0) is 12.5. The predicted molar refractivity (Wildman–Crippen MR) is 48.0 cm³/mol. The Labute approximate surface area is 88.8 Å². The molecule has 0 amide bonds. The summed E-state index contributed by atoms with van der Waals surface area (Å²) in [7, 11) is 1.07. The van der Waals surface area contributed by atoms with Crippen LogP contribution in [0.15, 0.2) is 12.1 Å². The number of rotatable bonds is 2. The summed E-state index contributed by atoms with van der Waals surface area (Å²) in [4.78, 5) is 11.0. The first kappa shape index (κ1) is 12.5. The second-order valence-corrected chi connectivity index (χ2v) is 3.09. The van der Waals surface area contributed by atoms with Gasteiger partial charge in [0, 0.05) is 0 Å². The Kier molecular flexibility index (Phi) is 3.21. The molecule has 1 rings (SSSR count). The average molecular weight is 236 g/mol. The van der Waals surface area contributed by atoms with E-state index in [2.05, 4.69) is 4.74 Å². The number of ether oxygens (including phenoxy) is 1. The van der Waals surface area contributed by atoms with Gasteiger partial charge in [0.25, 0.3) is 0 Å². The van der Waals surface area contributed by atoms with E-state index in [0.29, 0.717) is 6.07 Å². The molecule has 6 heteroatoms. The fourth-order valence-electron chi connectivity index (χ4n) is 1.25. The summed E-state index contributed by atoms with van der Waals surface area (Å²) in [6, 6.07) is 0.874. The highest BCUT2D eigenvalue weighted by molar-refractivity contribution is 5.97. The molecule has 0 unspecified atom stereocenters. The molecule has 0 N–H and O–H groups in total. The Hall–Kier alpha value is -1.59. The second kappa shape index (κ2) is 4.11. The predicted octanol–water partition coefficient (Wildman–Crippen LogP) is 3.06. The molecule has 0 saturated heterocycles. The van der Waals surface area contributed by atoms with Gasteiger partial charge in [-0.2, -0.15) is 13.2 Å². The Morgan fingerprint density at radius 2 is 1.88 bits per heavy atom. The van der Waals surface area contributed by atoms with Gasteiger partial charge < -0.3 is 4.74 Å². The van der Waals surface area contributed by atoms with E-state index in [0.717, 1.165) is 14.0 Å². The molecule has 0 aliphatic carbocycles. The number of hydrogen-bond donors (Lipinski definition) is 0. The van der Waals surface area contributed by atoms with Crippen molar-refractivity contribution < 1.29 is 27.1 Å². The third-order valence-corrected chi connectivity index (χ3v) is 1.95. The van der Waals surface area contributed by atoms with Crippen molar-refractivity contribution in [1.29, 1.82) is 0 Å². The molecular formula is C10H8F4O2. The number of benzene rings is 1. The van der Waals surface area contributed by atoms with Gasteiger partial charge >= 0.3 is 6.18 Å². The largest absolute Gasteiger partial charge is 0.496 e. The van der Waals surface area contributed by atoms with Crippen molar-refractivity contribution in [2.45, 2.75) is 13.1 Å². The summed E-state index contributed by atoms with van der Waals surface area (Å²) < 4.78 is 54.8. The summed E-state index contributed by atoms with van der Waals surface area (Å²) in [5.74, 6) is -2.35. The zero-order valence-corrected chi connectivity index (χ0v) is 8.48. The molecule has 0 saturated carbocycles. The minimum Gasteiger partial charge on any atom is -0.496 e. The van der Waals surface area contributed by atoms with Crippen LogP contribution in [0.3, 0.4) is 0 Å². The van der Waals surface area contributed by atoms with Crippen molar-refractivity contribution in [2.24, 2.45) is 0 Å². The summed E-state index contributed by atoms with van der Waals surface area (Å²) in [5.41, 5.74) is -1.66. The highest BCUT2D eigenvalue weighted by Crippen LogP contribution is 2.34. The topological polar surface area (TPSA) is 26.3 Å². The number of ketones is 1. The van der Waals surface area contributed by atoms with Gasteiger partial charge in [-0.05, 0) is 19.1 Å². The molecule has 16 heavy (non-hydrogen) atoms. The van der Waals surface area contributed by atoms with Crippen LogP contribution in [0.1, 0.15) is 22.8 Å². The molecule has 0 fully saturated rings. The lowest BCUT2D eigenvalue weighted by molar-refractivity contribution is -0.137. The van der Waals surface area contributed by atoms with Crippen LogP contribution in [0.25, 0.3) is 0 Å². The lowest BCUT2D eigenvalue weighted by Crippen LogP contribution is -2.09. The summed E-state index contributed by atoms with van der Waals surface area (Å²) >= 11 is 0. The van der Waals surface area contributed by atoms with E-state index >= 15 is 0 Å². The maximum atomic E-state index is 13.3. The van der Waals surface area contributed by atoms with E-state index in [4.69, 9.17) is 0 Å². The highest BCUT2D eigenvalue weighted by Gasteiger charge is 2.33. The molecule has 1 aromatic carbocycles. The van der Waals surface area contributed by atoms with E-state index in [-0.39, 0.29) is 6.07 Å². The third-order valence-electron chi connectivity index (χ3n) is 1.95. The van der Waals surface area contributed by atoms with E-state index in [1.807, 2.05) is 0 Å². The molecule has 0 aromatic heterocycles. The second-order valence-electron chi connectivity index (χ2n) is 3.09. The van der Waals surface area contributed by atoms with Gasteiger partial charge in [-0.25, -0.2) is 4.39 Å². The Balaban J connectivity index is 3.44. The van der Waals surface area contributed by atoms with Gasteiger partial charge in [0.15, 0.2) is 5.78 Å². The van der Waals surface area contributed by atoms with E-state index < -0.39 is 34.7 Å². The van der Waals surface area contributed by atoms with Gasteiger partial charge in [-0.15, -0.1) is 0 Å². The molecule has 0 aliphatic rings. The SMILES string of the molecule is COc1cc(C(F)(F)F)cc(F)c1C(C)=O. The number of Topliss-reactive ketones (excluding diaryl/α,β-unsaturated/α-hetero) is 1. The van der Waals surface area contributed by atoms with Crippen LogP contribution in [0, 0.1) is 5.82 Å². The number of hydrogen-bond acceptors (Lipinski definition) is 2. The van der Waals surface area contributed by atoms with Crippen molar-refractivity contribution in [3.63, 3.8) is 0 Å². The molecule has 0 bridgehead atoms. The standard InChI is InChI=1S/C10H8F4O2/c1-5(15)9-7(11)3-6(10(12,13)14)4-8(9)16-2/h3-4H,1-2H3. The Morgan fingerprint density at radius 1 is 1.31 bits per heavy atom. The molecule has 0 atom stereocenters. The van der Waals surface area contributed by atoms with Gasteiger partial charge in [0.1, 0.15) is 11.6 Å². The third kappa shape index (κ3) is 2.32.